The van der Waals surface area contributed by atoms with Crippen molar-refractivity contribution < 1.29 is 0 Å². The number of aromatic nitrogens is 2. The van der Waals surface area contributed by atoms with Crippen LogP contribution in [0.3, 0.4) is 0 Å². The highest BCUT2D eigenvalue weighted by molar-refractivity contribution is 5.65. The standard InChI is InChI=1S/C14H8N6/c15-7-11(8-16)14(9-17)19-12-3-1-10(2-4-12)13-5-6-18-20-13/h1-6,19H,(H,18,20). The van der Waals surface area contributed by atoms with Crippen molar-refractivity contribution in [3.05, 3.63) is 47.8 Å². The Labute approximate surface area is 115 Å². The van der Waals surface area contributed by atoms with Crippen LogP contribution in [0.1, 0.15) is 0 Å². The maximum absolute atomic E-state index is 8.94. The van der Waals surface area contributed by atoms with E-state index in [0.29, 0.717) is 5.69 Å². The summed E-state index contributed by atoms with van der Waals surface area (Å²) in [6.07, 6.45) is 1.66. The van der Waals surface area contributed by atoms with Crippen molar-refractivity contribution in [1.82, 2.24) is 10.2 Å². The molecular weight excluding hydrogens is 252 g/mol. The number of nitriles is 3. The van der Waals surface area contributed by atoms with Gasteiger partial charge in [0.05, 0.1) is 5.69 Å². The first kappa shape index (κ1) is 12.9. The van der Waals surface area contributed by atoms with E-state index in [2.05, 4.69) is 15.5 Å². The quantitative estimate of drug-likeness (QED) is 0.822. The predicted octanol–water partition coefficient (Wildman–Crippen LogP) is 2.31. The lowest BCUT2D eigenvalue weighted by Crippen LogP contribution is -2.00. The second-order valence-corrected chi connectivity index (χ2v) is 3.76. The van der Waals surface area contributed by atoms with E-state index in [-0.39, 0.29) is 11.3 Å². The molecular formula is C14H8N6. The molecule has 2 N–H and O–H groups in total. The Morgan fingerprint density at radius 1 is 1.00 bits per heavy atom. The van der Waals surface area contributed by atoms with Crippen molar-refractivity contribution in [2.45, 2.75) is 0 Å². The van der Waals surface area contributed by atoms with Crippen molar-refractivity contribution in [2.24, 2.45) is 0 Å². The minimum atomic E-state index is -0.245. The molecule has 0 atom stereocenters. The molecule has 1 heterocycles. The molecule has 0 spiro atoms. The van der Waals surface area contributed by atoms with Crippen LogP contribution in [0, 0.1) is 34.0 Å². The highest BCUT2D eigenvalue weighted by Gasteiger charge is 2.06. The fourth-order valence-electron chi connectivity index (χ4n) is 1.58. The molecule has 0 bridgehead atoms. The topological polar surface area (TPSA) is 112 Å². The second-order valence-electron chi connectivity index (χ2n) is 3.76. The van der Waals surface area contributed by atoms with E-state index in [1.54, 1.807) is 36.5 Å². The van der Waals surface area contributed by atoms with Gasteiger partial charge in [-0.3, -0.25) is 5.10 Å². The lowest BCUT2D eigenvalue weighted by molar-refractivity contribution is 1.10. The number of anilines is 1. The van der Waals surface area contributed by atoms with Gasteiger partial charge < -0.3 is 5.32 Å². The lowest BCUT2D eigenvalue weighted by atomic mass is 10.1. The molecule has 6 nitrogen and oxygen atoms in total. The summed E-state index contributed by atoms with van der Waals surface area (Å²) >= 11 is 0. The van der Waals surface area contributed by atoms with Crippen LogP contribution in [-0.2, 0) is 0 Å². The van der Waals surface area contributed by atoms with Crippen LogP contribution >= 0.6 is 0 Å². The molecule has 0 aliphatic carbocycles. The molecule has 2 aromatic rings. The molecule has 0 amide bonds. The summed E-state index contributed by atoms with van der Waals surface area (Å²) in [6.45, 7) is 0. The van der Waals surface area contributed by atoms with Crippen molar-refractivity contribution in [2.75, 3.05) is 5.32 Å². The van der Waals surface area contributed by atoms with Crippen molar-refractivity contribution in [3.63, 3.8) is 0 Å². The van der Waals surface area contributed by atoms with Crippen LogP contribution in [0.4, 0.5) is 5.69 Å². The Hall–Kier alpha value is -3.56. The molecule has 0 unspecified atom stereocenters. The highest BCUT2D eigenvalue weighted by Crippen LogP contribution is 2.20. The molecule has 6 heteroatoms. The summed E-state index contributed by atoms with van der Waals surface area (Å²) in [4.78, 5) is 0. The SMILES string of the molecule is N#CC(C#N)=C(C#N)Nc1ccc(-c2ccn[nH]2)cc1. The molecule has 0 radical (unpaired) electrons. The average molecular weight is 260 g/mol. The zero-order valence-electron chi connectivity index (χ0n) is 10.3. The molecule has 0 aliphatic rings. The molecule has 1 aromatic carbocycles. The fourth-order valence-corrected chi connectivity index (χ4v) is 1.58. The molecule has 20 heavy (non-hydrogen) atoms. The number of hydrogen-bond acceptors (Lipinski definition) is 5. The molecule has 2 rings (SSSR count). The second kappa shape index (κ2) is 5.86. The molecule has 0 saturated heterocycles. The number of aromatic amines is 1. The van der Waals surface area contributed by atoms with Gasteiger partial charge in [-0.05, 0) is 23.8 Å². The van der Waals surface area contributed by atoms with E-state index in [9.17, 15) is 0 Å². The first-order chi connectivity index (χ1) is 9.78. The Bertz CT molecular complexity index is 732. The van der Waals surface area contributed by atoms with Gasteiger partial charge in [-0.2, -0.15) is 20.9 Å². The van der Waals surface area contributed by atoms with E-state index in [1.807, 2.05) is 18.2 Å². The van der Waals surface area contributed by atoms with Crippen LogP contribution in [0.15, 0.2) is 47.8 Å². The summed E-state index contributed by atoms with van der Waals surface area (Å²) in [7, 11) is 0. The van der Waals surface area contributed by atoms with Gasteiger partial charge in [0.2, 0.25) is 0 Å². The smallest absolute Gasteiger partial charge is 0.163 e. The molecule has 0 fully saturated rings. The maximum Gasteiger partial charge on any atom is 0.163 e. The largest absolute Gasteiger partial charge is 0.345 e. The average Bonchev–Trinajstić information content (AvgIpc) is 3.02. The number of benzene rings is 1. The molecule has 0 saturated carbocycles. The van der Waals surface area contributed by atoms with Gasteiger partial charge in [0.1, 0.15) is 23.9 Å². The number of nitrogens with one attached hydrogen (secondary N) is 2. The van der Waals surface area contributed by atoms with Crippen LogP contribution in [0.2, 0.25) is 0 Å². The number of rotatable bonds is 3. The van der Waals surface area contributed by atoms with Gasteiger partial charge in [0.15, 0.2) is 5.57 Å². The lowest BCUT2D eigenvalue weighted by Gasteiger charge is -2.05. The Kier molecular flexibility index (Phi) is 3.78. The minimum absolute atomic E-state index is 0.0655. The molecule has 1 aromatic heterocycles. The monoisotopic (exact) mass is 260 g/mol. The van der Waals surface area contributed by atoms with Gasteiger partial charge >= 0.3 is 0 Å². The summed E-state index contributed by atoms with van der Waals surface area (Å²) in [5.41, 5.74) is 2.13. The third kappa shape index (κ3) is 2.64. The van der Waals surface area contributed by atoms with Gasteiger partial charge in [0.25, 0.3) is 0 Å². The third-order valence-corrected chi connectivity index (χ3v) is 2.55. The summed E-state index contributed by atoms with van der Waals surface area (Å²) in [5, 5.41) is 35.9. The number of nitrogens with zero attached hydrogens (tertiary/aromatic N) is 4. The van der Waals surface area contributed by atoms with Crippen LogP contribution in [0.25, 0.3) is 11.3 Å². The van der Waals surface area contributed by atoms with Gasteiger partial charge in [0, 0.05) is 11.9 Å². The van der Waals surface area contributed by atoms with Crippen molar-refractivity contribution in [1.29, 1.82) is 15.8 Å². The Balaban J connectivity index is 2.25. The van der Waals surface area contributed by atoms with Crippen molar-refractivity contribution >= 4 is 5.69 Å². The third-order valence-electron chi connectivity index (χ3n) is 2.55. The van der Waals surface area contributed by atoms with E-state index >= 15 is 0 Å². The van der Waals surface area contributed by atoms with E-state index in [4.69, 9.17) is 15.8 Å². The maximum atomic E-state index is 8.94. The minimum Gasteiger partial charge on any atom is -0.345 e. The first-order valence-electron chi connectivity index (χ1n) is 5.60. The zero-order chi connectivity index (χ0) is 14.4. The van der Waals surface area contributed by atoms with Gasteiger partial charge in [-0.15, -0.1) is 0 Å². The summed E-state index contributed by atoms with van der Waals surface area (Å²) in [5.74, 6) is 0. The van der Waals surface area contributed by atoms with E-state index < -0.39 is 0 Å². The van der Waals surface area contributed by atoms with Gasteiger partial charge in [-0.1, -0.05) is 12.1 Å². The molecule has 94 valence electrons. The van der Waals surface area contributed by atoms with Crippen molar-refractivity contribution in [3.8, 4) is 29.5 Å². The summed E-state index contributed by atoms with van der Waals surface area (Å²) < 4.78 is 0. The Morgan fingerprint density at radius 2 is 1.70 bits per heavy atom. The number of allylic oxidation sites excluding steroid dienone is 2. The fraction of sp³-hybridized carbons (Fsp3) is 0. The predicted molar refractivity (Wildman–Crippen MR) is 71.5 cm³/mol. The Morgan fingerprint density at radius 3 is 2.20 bits per heavy atom. The first-order valence-corrected chi connectivity index (χ1v) is 5.60. The van der Waals surface area contributed by atoms with E-state index in [1.165, 1.54) is 0 Å². The summed E-state index contributed by atoms with van der Waals surface area (Å²) in [6, 6.07) is 14.2. The molecule has 0 aliphatic heterocycles. The van der Waals surface area contributed by atoms with Crippen LogP contribution in [0.5, 0.6) is 0 Å². The highest BCUT2D eigenvalue weighted by atomic mass is 15.1. The normalized spacial score (nSPS) is 8.85. The number of hydrogen-bond donors (Lipinski definition) is 2. The van der Waals surface area contributed by atoms with E-state index in [0.717, 1.165) is 11.3 Å². The van der Waals surface area contributed by atoms with Gasteiger partial charge in [-0.25, -0.2) is 0 Å². The number of H-pyrrole nitrogens is 1. The zero-order valence-corrected chi connectivity index (χ0v) is 10.3. The van der Waals surface area contributed by atoms with Crippen LogP contribution in [-0.4, -0.2) is 10.2 Å². The van der Waals surface area contributed by atoms with Crippen LogP contribution < -0.4 is 5.32 Å².